The average Bonchev–Trinajstić information content (AvgIpc) is 2.65. The van der Waals surface area contributed by atoms with Crippen molar-refractivity contribution in [1.82, 2.24) is 5.32 Å². The van der Waals surface area contributed by atoms with Crippen molar-refractivity contribution in [2.75, 3.05) is 13.2 Å². The lowest BCUT2D eigenvalue weighted by atomic mass is 9.95. The topological polar surface area (TPSA) is 64.6 Å². The standard InChI is InChI=1S/C20H23NO4/c22-19(21-16-9-2-1-3-10-16)13-25-20(23)14-24-18-12-6-8-15-7-4-5-11-17(15)18/h4-8,11-12,16H,1-3,9-10,13-14H2,(H,21,22). The molecule has 2 aromatic rings. The van der Waals surface area contributed by atoms with Crippen LogP contribution in [-0.2, 0) is 14.3 Å². The zero-order chi connectivity index (χ0) is 17.5. The van der Waals surface area contributed by atoms with E-state index in [0.717, 1.165) is 36.5 Å². The van der Waals surface area contributed by atoms with E-state index < -0.39 is 5.97 Å². The van der Waals surface area contributed by atoms with E-state index in [1.165, 1.54) is 6.42 Å². The van der Waals surface area contributed by atoms with Gasteiger partial charge in [0.25, 0.3) is 5.91 Å². The lowest BCUT2D eigenvalue weighted by Gasteiger charge is -2.22. The molecule has 1 amide bonds. The molecular formula is C20H23NO4. The Bertz CT molecular complexity index is 732. The summed E-state index contributed by atoms with van der Waals surface area (Å²) in [6.07, 6.45) is 5.52. The predicted octanol–water partition coefficient (Wildman–Crippen LogP) is 3.21. The monoisotopic (exact) mass is 341 g/mol. The van der Waals surface area contributed by atoms with Crippen LogP contribution < -0.4 is 10.1 Å². The summed E-state index contributed by atoms with van der Waals surface area (Å²) in [5.41, 5.74) is 0. The Labute approximate surface area is 147 Å². The van der Waals surface area contributed by atoms with Crippen molar-refractivity contribution in [2.45, 2.75) is 38.1 Å². The minimum Gasteiger partial charge on any atom is -0.481 e. The van der Waals surface area contributed by atoms with Crippen molar-refractivity contribution in [2.24, 2.45) is 0 Å². The maximum Gasteiger partial charge on any atom is 0.344 e. The van der Waals surface area contributed by atoms with Crippen LogP contribution in [0.3, 0.4) is 0 Å². The van der Waals surface area contributed by atoms with Crippen LogP contribution in [0.15, 0.2) is 42.5 Å². The molecule has 0 aromatic heterocycles. The Morgan fingerprint density at radius 2 is 1.72 bits per heavy atom. The first kappa shape index (κ1) is 17.3. The molecule has 1 N–H and O–H groups in total. The fourth-order valence-corrected chi connectivity index (χ4v) is 3.16. The van der Waals surface area contributed by atoms with Crippen LogP contribution in [-0.4, -0.2) is 31.1 Å². The number of hydrogen-bond acceptors (Lipinski definition) is 4. The van der Waals surface area contributed by atoms with Crippen molar-refractivity contribution < 1.29 is 19.1 Å². The van der Waals surface area contributed by atoms with Crippen molar-refractivity contribution >= 4 is 22.6 Å². The first-order valence-electron chi connectivity index (χ1n) is 8.78. The van der Waals surface area contributed by atoms with Gasteiger partial charge in [-0.15, -0.1) is 0 Å². The molecule has 0 unspecified atom stereocenters. The van der Waals surface area contributed by atoms with Crippen molar-refractivity contribution in [1.29, 1.82) is 0 Å². The van der Waals surface area contributed by atoms with Gasteiger partial charge in [-0.1, -0.05) is 55.7 Å². The van der Waals surface area contributed by atoms with Crippen LogP contribution in [0, 0.1) is 0 Å². The van der Waals surface area contributed by atoms with Crippen LogP contribution in [0.2, 0.25) is 0 Å². The second-order valence-corrected chi connectivity index (χ2v) is 6.33. The number of hydrogen-bond donors (Lipinski definition) is 1. The largest absolute Gasteiger partial charge is 0.481 e. The summed E-state index contributed by atoms with van der Waals surface area (Å²) < 4.78 is 10.6. The zero-order valence-corrected chi connectivity index (χ0v) is 14.2. The van der Waals surface area contributed by atoms with Crippen molar-refractivity contribution in [3.05, 3.63) is 42.5 Å². The Hall–Kier alpha value is -2.56. The highest BCUT2D eigenvalue weighted by Crippen LogP contribution is 2.25. The second-order valence-electron chi connectivity index (χ2n) is 6.33. The molecule has 2 aromatic carbocycles. The average molecular weight is 341 g/mol. The number of benzene rings is 2. The molecule has 0 heterocycles. The lowest BCUT2D eigenvalue weighted by Crippen LogP contribution is -2.39. The molecule has 1 aliphatic carbocycles. The van der Waals surface area contributed by atoms with Crippen LogP contribution in [0.4, 0.5) is 0 Å². The fraction of sp³-hybridized carbons (Fsp3) is 0.400. The molecule has 0 spiro atoms. The van der Waals surface area contributed by atoms with Gasteiger partial charge in [0.15, 0.2) is 13.2 Å². The maximum atomic E-state index is 11.8. The van der Waals surface area contributed by atoms with Gasteiger partial charge in [-0.3, -0.25) is 4.79 Å². The zero-order valence-electron chi connectivity index (χ0n) is 14.2. The molecule has 0 aliphatic heterocycles. The highest BCUT2D eigenvalue weighted by atomic mass is 16.6. The fourth-order valence-electron chi connectivity index (χ4n) is 3.16. The van der Waals surface area contributed by atoms with E-state index >= 15 is 0 Å². The molecule has 25 heavy (non-hydrogen) atoms. The Morgan fingerprint density at radius 3 is 2.56 bits per heavy atom. The number of amides is 1. The van der Waals surface area contributed by atoms with Gasteiger partial charge in [0.05, 0.1) is 0 Å². The molecule has 3 rings (SSSR count). The Kier molecular flexibility index (Phi) is 5.88. The number of rotatable bonds is 6. The molecule has 0 atom stereocenters. The number of esters is 1. The van der Waals surface area contributed by atoms with E-state index in [1.54, 1.807) is 0 Å². The highest BCUT2D eigenvalue weighted by molar-refractivity contribution is 5.88. The molecule has 0 saturated heterocycles. The summed E-state index contributed by atoms with van der Waals surface area (Å²) in [6, 6.07) is 13.7. The van der Waals surface area contributed by atoms with Gasteiger partial charge in [-0.25, -0.2) is 4.79 Å². The van der Waals surface area contributed by atoms with Gasteiger partial charge >= 0.3 is 5.97 Å². The first-order chi connectivity index (χ1) is 12.2. The number of fused-ring (bicyclic) bond motifs is 1. The van der Waals surface area contributed by atoms with E-state index in [0.29, 0.717) is 5.75 Å². The number of nitrogens with one attached hydrogen (secondary N) is 1. The van der Waals surface area contributed by atoms with Crippen molar-refractivity contribution in [3.63, 3.8) is 0 Å². The van der Waals surface area contributed by atoms with Crippen LogP contribution in [0.5, 0.6) is 5.75 Å². The molecule has 1 saturated carbocycles. The number of carbonyl (C=O) groups is 2. The van der Waals surface area contributed by atoms with Crippen LogP contribution in [0.1, 0.15) is 32.1 Å². The summed E-state index contributed by atoms with van der Waals surface area (Å²) >= 11 is 0. The normalized spacial score (nSPS) is 14.9. The Morgan fingerprint density at radius 1 is 0.960 bits per heavy atom. The van der Waals surface area contributed by atoms with Gasteiger partial charge in [0.1, 0.15) is 5.75 Å². The van der Waals surface area contributed by atoms with Gasteiger partial charge < -0.3 is 14.8 Å². The summed E-state index contributed by atoms with van der Waals surface area (Å²) in [6.45, 7) is -0.473. The van der Waals surface area contributed by atoms with E-state index in [1.807, 2.05) is 42.5 Å². The SMILES string of the molecule is O=C(COC(=O)COc1cccc2ccccc12)NC1CCCCC1. The van der Waals surface area contributed by atoms with Gasteiger partial charge in [-0.2, -0.15) is 0 Å². The number of carbonyl (C=O) groups excluding carboxylic acids is 2. The van der Waals surface area contributed by atoms with Crippen LogP contribution in [0.25, 0.3) is 10.8 Å². The molecule has 0 bridgehead atoms. The first-order valence-corrected chi connectivity index (χ1v) is 8.78. The van der Waals surface area contributed by atoms with Gasteiger partial charge in [0.2, 0.25) is 0 Å². The van der Waals surface area contributed by atoms with Gasteiger partial charge in [-0.05, 0) is 24.3 Å². The highest BCUT2D eigenvalue weighted by Gasteiger charge is 2.16. The van der Waals surface area contributed by atoms with E-state index in [4.69, 9.17) is 9.47 Å². The smallest absolute Gasteiger partial charge is 0.344 e. The van der Waals surface area contributed by atoms with Gasteiger partial charge in [0, 0.05) is 11.4 Å². The molecule has 1 fully saturated rings. The van der Waals surface area contributed by atoms with E-state index in [2.05, 4.69) is 5.32 Å². The molecule has 5 nitrogen and oxygen atoms in total. The quantitative estimate of drug-likeness (QED) is 0.820. The van der Waals surface area contributed by atoms with Crippen LogP contribution >= 0.6 is 0 Å². The third-order valence-corrected chi connectivity index (χ3v) is 4.43. The van der Waals surface area contributed by atoms with Crippen molar-refractivity contribution in [3.8, 4) is 5.75 Å². The summed E-state index contributed by atoms with van der Waals surface area (Å²) in [5, 5.41) is 4.89. The lowest BCUT2D eigenvalue weighted by molar-refractivity contribution is -0.150. The summed E-state index contributed by atoms with van der Waals surface area (Å²) in [4.78, 5) is 23.7. The third kappa shape index (κ3) is 4.95. The molecule has 132 valence electrons. The Balaban J connectivity index is 1.44. The summed E-state index contributed by atoms with van der Waals surface area (Å²) in [7, 11) is 0. The minimum atomic E-state index is -0.549. The maximum absolute atomic E-state index is 11.8. The predicted molar refractivity (Wildman–Crippen MR) is 95.4 cm³/mol. The molecule has 1 aliphatic rings. The van der Waals surface area contributed by atoms with E-state index in [-0.39, 0.29) is 25.2 Å². The molecule has 5 heteroatoms. The molecular weight excluding hydrogens is 318 g/mol. The molecule has 0 radical (unpaired) electrons. The van der Waals surface area contributed by atoms with E-state index in [9.17, 15) is 9.59 Å². The summed E-state index contributed by atoms with van der Waals surface area (Å²) in [5.74, 6) is -0.168. The third-order valence-electron chi connectivity index (χ3n) is 4.43. The minimum absolute atomic E-state index is 0.215. The second kappa shape index (κ2) is 8.51. The number of ether oxygens (including phenoxy) is 2.